The maximum atomic E-state index is 12.6. The molecule has 4 aromatic rings. The minimum absolute atomic E-state index is 0.153. The first-order valence-corrected chi connectivity index (χ1v) is 11.5. The monoisotopic (exact) mass is 467 g/mol. The molecule has 0 spiro atoms. The smallest absolute Gasteiger partial charge is 0.239 e. The Bertz CT molecular complexity index is 1200. The van der Waals surface area contributed by atoms with Crippen LogP contribution in [0.4, 0.5) is 5.13 Å². The van der Waals surface area contributed by atoms with Crippen molar-refractivity contribution in [3.8, 4) is 28.6 Å². The maximum absolute atomic E-state index is 12.6. The molecule has 1 N–H and O–H groups in total. The Labute approximate surface area is 193 Å². The van der Waals surface area contributed by atoms with Gasteiger partial charge >= 0.3 is 0 Å². The molecule has 0 aliphatic carbocycles. The maximum Gasteiger partial charge on any atom is 0.239 e. The van der Waals surface area contributed by atoms with Crippen molar-refractivity contribution in [3.05, 3.63) is 60.1 Å². The number of amides is 1. The number of hydrogen-bond acceptors (Lipinski definition) is 8. The average molecular weight is 468 g/mol. The lowest BCUT2D eigenvalue weighted by Gasteiger charge is -2.14. The van der Waals surface area contributed by atoms with Gasteiger partial charge in [-0.2, -0.15) is 0 Å². The Hall–Kier alpha value is -3.37. The summed E-state index contributed by atoms with van der Waals surface area (Å²) in [7, 11) is 3.18. The highest BCUT2D eigenvalue weighted by atomic mass is 32.2. The zero-order valence-electron chi connectivity index (χ0n) is 17.7. The van der Waals surface area contributed by atoms with E-state index in [2.05, 4.69) is 20.5 Å². The third-order valence-corrected chi connectivity index (χ3v) is 6.33. The number of carbonyl (C=O) groups excluding carboxylic acids is 1. The minimum Gasteiger partial charge on any atom is -0.493 e. The largest absolute Gasteiger partial charge is 0.493 e. The zero-order valence-corrected chi connectivity index (χ0v) is 19.3. The van der Waals surface area contributed by atoms with Gasteiger partial charge in [0.05, 0.1) is 19.5 Å². The van der Waals surface area contributed by atoms with E-state index in [1.807, 2.05) is 65.4 Å². The van der Waals surface area contributed by atoms with Crippen LogP contribution in [0.1, 0.15) is 6.92 Å². The van der Waals surface area contributed by atoms with Gasteiger partial charge in [-0.25, -0.2) is 4.98 Å². The summed E-state index contributed by atoms with van der Waals surface area (Å²) in [5.74, 6) is 1.70. The van der Waals surface area contributed by atoms with E-state index in [4.69, 9.17) is 9.47 Å². The Balaban J connectivity index is 1.69. The summed E-state index contributed by atoms with van der Waals surface area (Å²) in [4.78, 5) is 16.7. The highest BCUT2D eigenvalue weighted by Crippen LogP contribution is 2.35. The number of carbonyl (C=O) groups is 1. The molecule has 1 atom stereocenters. The van der Waals surface area contributed by atoms with Crippen LogP contribution in [0.3, 0.4) is 0 Å². The molecule has 0 unspecified atom stereocenters. The van der Waals surface area contributed by atoms with Gasteiger partial charge in [-0.15, -0.1) is 21.5 Å². The number of nitrogens with one attached hydrogen (secondary N) is 1. The number of nitrogens with zero attached hydrogens (tertiary/aromatic N) is 4. The highest BCUT2D eigenvalue weighted by Gasteiger charge is 2.23. The first-order valence-electron chi connectivity index (χ1n) is 9.71. The van der Waals surface area contributed by atoms with Crippen LogP contribution in [-0.2, 0) is 4.79 Å². The van der Waals surface area contributed by atoms with Crippen molar-refractivity contribution in [1.82, 2.24) is 19.7 Å². The Morgan fingerprint density at radius 3 is 2.56 bits per heavy atom. The molecule has 0 radical (unpaired) electrons. The Morgan fingerprint density at radius 2 is 1.88 bits per heavy atom. The quantitative estimate of drug-likeness (QED) is 0.381. The Morgan fingerprint density at radius 1 is 1.09 bits per heavy atom. The van der Waals surface area contributed by atoms with Crippen LogP contribution in [0.2, 0.25) is 0 Å². The van der Waals surface area contributed by atoms with Gasteiger partial charge in [0.2, 0.25) is 5.91 Å². The molecule has 0 aliphatic rings. The molecule has 2 heterocycles. The van der Waals surface area contributed by atoms with Gasteiger partial charge in [0.25, 0.3) is 0 Å². The fourth-order valence-electron chi connectivity index (χ4n) is 3.02. The van der Waals surface area contributed by atoms with Gasteiger partial charge < -0.3 is 14.8 Å². The molecule has 8 nitrogen and oxygen atoms in total. The van der Waals surface area contributed by atoms with Gasteiger partial charge in [-0.1, -0.05) is 30.0 Å². The molecule has 10 heteroatoms. The van der Waals surface area contributed by atoms with E-state index < -0.39 is 5.25 Å². The first-order chi connectivity index (χ1) is 15.6. The summed E-state index contributed by atoms with van der Waals surface area (Å²) in [5.41, 5.74) is 1.70. The van der Waals surface area contributed by atoms with Crippen molar-refractivity contribution < 1.29 is 14.3 Å². The molecule has 0 saturated heterocycles. The SMILES string of the molecule is COc1ccc(-c2nnc(S[C@@H](C)C(=O)Nc3nccs3)n2-c2ccccc2)cc1OC. The van der Waals surface area contributed by atoms with Crippen molar-refractivity contribution in [2.45, 2.75) is 17.3 Å². The third kappa shape index (κ3) is 4.61. The summed E-state index contributed by atoms with van der Waals surface area (Å²) in [6, 6.07) is 15.4. The molecule has 2 aromatic carbocycles. The standard InChI is InChI=1S/C22H21N5O3S2/c1-14(20(28)24-21-23-11-12-31-21)32-22-26-25-19(27(22)16-7-5-4-6-8-16)15-9-10-17(29-2)18(13-15)30-3/h4-14H,1-3H3,(H,23,24,28)/t14-/m0/s1. The fourth-order valence-corrected chi connectivity index (χ4v) is 4.42. The number of thioether (sulfide) groups is 1. The molecule has 0 bridgehead atoms. The number of thiazole rings is 1. The lowest BCUT2D eigenvalue weighted by molar-refractivity contribution is -0.115. The summed E-state index contributed by atoms with van der Waals surface area (Å²) in [6.07, 6.45) is 1.65. The molecular weight excluding hydrogens is 446 g/mol. The van der Waals surface area contributed by atoms with E-state index in [1.165, 1.54) is 23.1 Å². The summed E-state index contributed by atoms with van der Waals surface area (Å²) in [6.45, 7) is 1.83. The number of hydrogen-bond donors (Lipinski definition) is 1. The average Bonchev–Trinajstić information content (AvgIpc) is 3.49. The van der Waals surface area contributed by atoms with Crippen LogP contribution in [-0.4, -0.2) is 45.1 Å². The van der Waals surface area contributed by atoms with Crippen LogP contribution < -0.4 is 14.8 Å². The predicted molar refractivity (Wildman–Crippen MR) is 126 cm³/mol. The van der Waals surface area contributed by atoms with E-state index in [-0.39, 0.29) is 5.91 Å². The summed E-state index contributed by atoms with van der Waals surface area (Å²) in [5, 5.41) is 14.2. The van der Waals surface area contributed by atoms with Crippen LogP contribution in [0.25, 0.3) is 17.1 Å². The van der Waals surface area contributed by atoms with E-state index in [1.54, 1.807) is 20.4 Å². The first kappa shape index (κ1) is 21.8. The van der Waals surface area contributed by atoms with E-state index in [0.717, 1.165) is 11.3 Å². The number of anilines is 1. The molecule has 4 rings (SSSR count). The van der Waals surface area contributed by atoms with Crippen molar-refractivity contribution in [1.29, 1.82) is 0 Å². The lowest BCUT2D eigenvalue weighted by atomic mass is 10.2. The van der Waals surface area contributed by atoms with E-state index in [9.17, 15) is 4.79 Å². The summed E-state index contributed by atoms with van der Waals surface area (Å²) >= 11 is 2.70. The van der Waals surface area contributed by atoms with Crippen molar-refractivity contribution >= 4 is 34.1 Å². The van der Waals surface area contributed by atoms with Crippen LogP contribution in [0, 0.1) is 0 Å². The molecule has 2 aromatic heterocycles. The molecular formula is C22H21N5O3S2. The second-order valence-corrected chi connectivity index (χ2v) is 8.84. The van der Waals surface area contributed by atoms with Crippen LogP contribution in [0.5, 0.6) is 11.5 Å². The predicted octanol–water partition coefficient (Wildman–Crippen LogP) is 4.53. The number of para-hydroxylation sites is 1. The van der Waals surface area contributed by atoms with Crippen molar-refractivity contribution in [2.24, 2.45) is 0 Å². The number of methoxy groups -OCH3 is 2. The summed E-state index contributed by atoms with van der Waals surface area (Å²) < 4.78 is 12.7. The zero-order chi connectivity index (χ0) is 22.5. The van der Waals surface area contributed by atoms with Crippen LogP contribution in [0.15, 0.2) is 65.3 Å². The Kier molecular flexibility index (Phi) is 6.72. The number of aromatic nitrogens is 4. The van der Waals surface area contributed by atoms with Gasteiger partial charge in [-0.3, -0.25) is 9.36 Å². The second-order valence-electron chi connectivity index (χ2n) is 6.63. The van der Waals surface area contributed by atoms with Crippen LogP contribution >= 0.6 is 23.1 Å². The second kappa shape index (κ2) is 9.84. The lowest BCUT2D eigenvalue weighted by Crippen LogP contribution is -2.22. The molecule has 32 heavy (non-hydrogen) atoms. The van der Waals surface area contributed by atoms with E-state index >= 15 is 0 Å². The normalized spacial score (nSPS) is 11.7. The van der Waals surface area contributed by atoms with Gasteiger partial charge in [0.1, 0.15) is 0 Å². The van der Waals surface area contributed by atoms with Crippen molar-refractivity contribution in [2.75, 3.05) is 19.5 Å². The molecule has 1 amide bonds. The molecule has 0 fully saturated rings. The van der Waals surface area contributed by atoms with Gasteiger partial charge in [0.15, 0.2) is 27.6 Å². The van der Waals surface area contributed by atoms with Crippen molar-refractivity contribution in [3.63, 3.8) is 0 Å². The van der Waals surface area contributed by atoms with Gasteiger partial charge in [-0.05, 0) is 37.3 Å². The van der Waals surface area contributed by atoms with Gasteiger partial charge in [0, 0.05) is 22.8 Å². The number of ether oxygens (including phenoxy) is 2. The topological polar surface area (TPSA) is 91.2 Å². The highest BCUT2D eigenvalue weighted by molar-refractivity contribution is 8.00. The third-order valence-electron chi connectivity index (χ3n) is 4.60. The van der Waals surface area contributed by atoms with E-state index in [0.29, 0.717) is 27.6 Å². The number of rotatable bonds is 8. The minimum atomic E-state index is -0.413. The fraction of sp³-hybridized carbons (Fsp3) is 0.182. The molecule has 0 aliphatic heterocycles. The number of benzene rings is 2. The molecule has 0 saturated carbocycles. The molecule has 164 valence electrons.